The first-order valence-corrected chi connectivity index (χ1v) is 8.47. The maximum absolute atomic E-state index is 12.8. The molecule has 0 atom stereocenters. The fourth-order valence-electron chi connectivity index (χ4n) is 2.57. The molecule has 3 nitrogen and oxygen atoms in total. The second kappa shape index (κ2) is 7.50. The molecule has 0 saturated heterocycles. The third-order valence-electron chi connectivity index (χ3n) is 4.08. The molecule has 26 heavy (non-hydrogen) atoms. The van der Waals surface area contributed by atoms with E-state index < -0.39 is 11.7 Å². The number of benzene rings is 1. The second-order valence-electron chi connectivity index (χ2n) is 6.13. The van der Waals surface area contributed by atoms with Crippen molar-refractivity contribution in [2.45, 2.75) is 31.6 Å². The highest BCUT2D eigenvalue weighted by molar-refractivity contribution is 6.32. The summed E-state index contributed by atoms with van der Waals surface area (Å²) in [6, 6.07) is 6.87. The Balaban J connectivity index is 1.77. The van der Waals surface area contributed by atoms with Crippen LogP contribution in [0.1, 0.15) is 29.5 Å². The molecular weight excluding hydrogens is 365 g/mol. The van der Waals surface area contributed by atoms with Crippen LogP contribution in [0.2, 0.25) is 5.02 Å². The van der Waals surface area contributed by atoms with E-state index >= 15 is 0 Å². The van der Waals surface area contributed by atoms with Gasteiger partial charge in [-0.2, -0.15) is 13.2 Å². The monoisotopic (exact) mass is 380 g/mol. The number of nitrogens with zero attached hydrogens (tertiary/aromatic N) is 2. The molecule has 0 radical (unpaired) electrons. The van der Waals surface area contributed by atoms with Crippen molar-refractivity contribution in [1.29, 1.82) is 0 Å². The predicted molar refractivity (Wildman–Crippen MR) is 93.3 cm³/mol. The zero-order valence-corrected chi connectivity index (χ0v) is 14.5. The third kappa shape index (κ3) is 4.64. The Morgan fingerprint density at radius 2 is 2.08 bits per heavy atom. The largest absolute Gasteiger partial charge is 0.416 e. The molecule has 2 aromatic rings. The maximum atomic E-state index is 12.8. The summed E-state index contributed by atoms with van der Waals surface area (Å²) in [5, 5.41) is 0.160. The van der Waals surface area contributed by atoms with E-state index in [-0.39, 0.29) is 22.5 Å². The molecule has 7 heteroatoms. The van der Waals surface area contributed by atoms with Crippen LogP contribution >= 0.6 is 11.6 Å². The Bertz CT molecular complexity index is 817. The number of carbonyl (C=O) groups excluding carboxylic acids is 1. The minimum atomic E-state index is -4.46. The van der Waals surface area contributed by atoms with E-state index in [1.165, 1.54) is 18.2 Å². The third-order valence-corrected chi connectivity index (χ3v) is 4.42. The molecule has 1 saturated carbocycles. The molecule has 1 aliphatic carbocycles. The summed E-state index contributed by atoms with van der Waals surface area (Å²) in [4.78, 5) is 18.3. The summed E-state index contributed by atoms with van der Waals surface area (Å²) in [5.41, 5.74) is 0.258. The molecule has 136 valence electrons. The van der Waals surface area contributed by atoms with Gasteiger partial charge in [0.05, 0.1) is 5.56 Å². The predicted octanol–water partition coefficient (Wildman–Crippen LogP) is 4.96. The normalized spacial score (nSPS) is 14.6. The van der Waals surface area contributed by atoms with Gasteiger partial charge in [-0.05, 0) is 54.3 Å². The lowest BCUT2D eigenvalue weighted by Gasteiger charge is -2.20. The van der Waals surface area contributed by atoms with Gasteiger partial charge in [-0.1, -0.05) is 17.7 Å². The highest BCUT2D eigenvalue weighted by Gasteiger charge is 2.32. The van der Waals surface area contributed by atoms with Crippen molar-refractivity contribution < 1.29 is 18.0 Å². The minimum Gasteiger partial charge on any atom is -0.332 e. The number of carbonyl (C=O) groups is 1. The van der Waals surface area contributed by atoms with E-state index in [2.05, 4.69) is 4.98 Å². The summed E-state index contributed by atoms with van der Waals surface area (Å²) in [6.45, 7) is 0.415. The van der Waals surface area contributed by atoms with Gasteiger partial charge in [0.25, 0.3) is 0 Å². The van der Waals surface area contributed by atoms with Gasteiger partial charge < -0.3 is 4.90 Å². The molecule has 1 aliphatic rings. The van der Waals surface area contributed by atoms with Crippen molar-refractivity contribution in [3.8, 4) is 0 Å². The van der Waals surface area contributed by atoms with Crippen LogP contribution in [0.15, 0.2) is 48.8 Å². The Morgan fingerprint density at radius 1 is 1.31 bits per heavy atom. The molecule has 3 rings (SSSR count). The fraction of sp³-hybridized carbons (Fsp3) is 0.263. The van der Waals surface area contributed by atoms with Gasteiger partial charge >= 0.3 is 6.18 Å². The van der Waals surface area contributed by atoms with Gasteiger partial charge in [0.1, 0.15) is 0 Å². The van der Waals surface area contributed by atoms with Crippen LogP contribution in [-0.2, 0) is 17.5 Å². The average Bonchev–Trinajstić information content (AvgIpc) is 3.43. The van der Waals surface area contributed by atoms with Crippen LogP contribution in [0, 0.1) is 0 Å². The molecule has 0 unspecified atom stereocenters. The average molecular weight is 381 g/mol. The fourth-order valence-corrected chi connectivity index (χ4v) is 2.75. The Morgan fingerprint density at radius 3 is 2.69 bits per heavy atom. The van der Waals surface area contributed by atoms with Crippen molar-refractivity contribution in [3.63, 3.8) is 0 Å². The standard InChI is InChI=1S/C19H16ClF3N2O/c20-17-7-4-15(19(21,22)23)10-14(17)3-8-18(26)25(16-5-6-16)12-13-2-1-9-24-11-13/h1-4,7-11,16H,5-6,12H2. The van der Waals surface area contributed by atoms with E-state index in [0.717, 1.165) is 30.5 Å². The lowest BCUT2D eigenvalue weighted by molar-refractivity contribution is -0.137. The number of amides is 1. The molecule has 1 fully saturated rings. The summed E-state index contributed by atoms with van der Waals surface area (Å²) >= 11 is 5.96. The van der Waals surface area contributed by atoms with E-state index in [0.29, 0.717) is 6.54 Å². The second-order valence-corrected chi connectivity index (χ2v) is 6.53. The summed E-state index contributed by atoms with van der Waals surface area (Å²) in [6.07, 6.45) is 3.33. The number of pyridine rings is 1. The smallest absolute Gasteiger partial charge is 0.332 e. The Labute approximate surface area is 154 Å². The summed E-state index contributed by atoms with van der Waals surface area (Å²) in [5.74, 6) is -0.259. The first-order chi connectivity index (χ1) is 12.3. The number of hydrogen-bond donors (Lipinski definition) is 0. The minimum absolute atomic E-state index is 0.157. The van der Waals surface area contributed by atoms with E-state index in [1.807, 2.05) is 6.07 Å². The first-order valence-electron chi connectivity index (χ1n) is 8.09. The highest BCUT2D eigenvalue weighted by Crippen LogP contribution is 2.32. The molecule has 1 heterocycles. The molecule has 0 spiro atoms. The molecule has 1 aromatic heterocycles. The van der Waals surface area contributed by atoms with Crippen molar-refractivity contribution in [1.82, 2.24) is 9.88 Å². The van der Waals surface area contributed by atoms with E-state index in [1.54, 1.807) is 23.4 Å². The maximum Gasteiger partial charge on any atom is 0.416 e. The van der Waals surface area contributed by atoms with Crippen molar-refractivity contribution in [3.05, 3.63) is 70.5 Å². The zero-order valence-electron chi connectivity index (χ0n) is 13.7. The molecule has 0 N–H and O–H groups in total. The SMILES string of the molecule is O=C(C=Cc1cc(C(F)(F)F)ccc1Cl)N(Cc1cccnc1)C1CC1. The van der Waals surface area contributed by atoms with E-state index in [9.17, 15) is 18.0 Å². The van der Waals surface area contributed by atoms with E-state index in [4.69, 9.17) is 11.6 Å². The molecular formula is C19H16ClF3N2O. The number of halogens is 4. The Kier molecular flexibility index (Phi) is 5.32. The molecule has 1 amide bonds. The Hall–Kier alpha value is -2.34. The van der Waals surface area contributed by atoms with Crippen LogP contribution in [0.5, 0.6) is 0 Å². The van der Waals surface area contributed by atoms with Gasteiger partial charge in [-0.15, -0.1) is 0 Å². The number of alkyl halides is 3. The summed E-state index contributed by atoms with van der Waals surface area (Å²) < 4.78 is 38.5. The molecule has 0 bridgehead atoms. The van der Waals surface area contributed by atoms with Crippen LogP contribution in [-0.4, -0.2) is 21.8 Å². The number of aromatic nitrogens is 1. The lowest BCUT2D eigenvalue weighted by atomic mass is 10.1. The number of hydrogen-bond acceptors (Lipinski definition) is 2. The molecule has 1 aromatic carbocycles. The van der Waals surface area contributed by atoms with Crippen molar-refractivity contribution in [2.24, 2.45) is 0 Å². The van der Waals surface area contributed by atoms with Crippen LogP contribution in [0.3, 0.4) is 0 Å². The quantitative estimate of drug-likeness (QED) is 0.687. The van der Waals surface area contributed by atoms with Gasteiger partial charge in [0, 0.05) is 36.1 Å². The summed E-state index contributed by atoms with van der Waals surface area (Å²) in [7, 11) is 0. The lowest BCUT2D eigenvalue weighted by Crippen LogP contribution is -2.31. The van der Waals surface area contributed by atoms with Gasteiger partial charge in [0.2, 0.25) is 5.91 Å². The van der Waals surface area contributed by atoms with Crippen molar-refractivity contribution >= 4 is 23.6 Å². The first kappa shape index (κ1) is 18.5. The van der Waals surface area contributed by atoms with Gasteiger partial charge in [0.15, 0.2) is 0 Å². The van der Waals surface area contributed by atoms with Crippen LogP contribution < -0.4 is 0 Å². The molecule has 0 aliphatic heterocycles. The van der Waals surface area contributed by atoms with Gasteiger partial charge in [-0.25, -0.2) is 0 Å². The van der Waals surface area contributed by atoms with Crippen molar-refractivity contribution in [2.75, 3.05) is 0 Å². The number of rotatable bonds is 5. The zero-order chi connectivity index (χ0) is 18.7. The van der Waals surface area contributed by atoms with Crippen LogP contribution in [0.4, 0.5) is 13.2 Å². The topological polar surface area (TPSA) is 33.2 Å². The highest BCUT2D eigenvalue weighted by atomic mass is 35.5. The van der Waals surface area contributed by atoms with Gasteiger partial charge in [-0.3, -0.25) is 9.78 Å². The van der Waals surface area contributed by atoms with Crippen LogP contribution in [0.25, 0.3) is 6.08 Å².